The van der Waals surface area contributed by atoms with E-state index in [1.54, 1.807) is 13.8 Å². The molecule has 2 N–H and O–H groups in total. The summed E-state index contributed by atoms with van der Waals surface area (Å²) in [5.41, 5.74) is -1.28. The van der Waals surface area contributed by atoms with Crippen molar-refractivity contribution in [1.82, 2.24) is 0 Å². The highest BCUT2D eigenvalue weighted by molar-refractivity contribution is 5.75. The Morgan fingerprint density at radius 1 is 1.26 bits per heavy atom. The van der Waals surface area contributed by atoms with E-state index in [1.165, 1.54) is 13.0 Å². The summed E-state index contributed by atoms with van der Waals surface area (Å²) in [6.45, 7) is 7.96. The van der Waals surface area contributed by atoms with Crippen LogP contribution in [0, 0.1) is 11.3 Å². The van der Waals surface area contributed by atoms with E-state index in [1.807, 2.05) is 0 Å². The first-order valence-corrected chi connectivity index (χ1v) is 7.53. The fraction of sp³-hybridized carbons (Fsp3) is 0.688. The van der Waals surface area contributed by atoms with Gasteiger partial charge in [0.1, 0.15) is 6.61 Å². The average Bonchev–Trinajstić information content (AvgIpc) is 2.43. The Morgan fingerprint density at radius 2 is 1.87 bits per heavy atom. The highest BCUT2D eigenvalue weighted by atomic mass is 16.7. The fourth-order valence-electron chi connectivity index (χ4n) is 1.97. The fourth-order valence-corrected chi connectivity index (χ4v) is 1.97. The summed E-state index contributed by atoms with van der Waals surface area (Å²) >= 11 is 0. The van der Waals surface area contributed by atoms with Crippen molar-refractivity contribution < 1.29 is 34.1 Å². The van der Waals surface area contributed by atoms with E-state index in [0.29, 0.717) is 19.3 Å². The Kier molecular flexibility index (Phi) is 8.98. The van der Waals surface area contributed by atoms with E-state index < -0.39 is 29.4 Å². The number of allylic oxidation sites excluding steroid dienone is 1. The lowest BCUT2D eigenvalue weighted by Gasteiger charge is -2.24. The topological polar surface area (TPSA) is 110 Å². The Hall–Kier alpha value is -2.05. The molecule has 132 valence electrons. The predicted molar refractivity (Wildman–Crippen MR) is 83.1 cm³/mol. The normalized spacial score (nSPS) is 14.6. The minimum Gasteiger partial charge on any atom is -0.481 e. The number of rotatable bonds is 11. The lowest BCUT2D eigenvalue weighted by molar-refractivity contribution is -0.151. The molecular formula is C16H26O7. The van der Waals surface area contributed by atoms with Gasteiger partial charge in [0.2, 0.25) is 0 Å². The van der Waals surface area contributed by atoms with Crippen LogP contribution in [-0.4, -0.2) is 41.0 Å². The van der Waals surface area contributed by atoms with Crippen LogP contribution in [0.2, 0.25) is 0 Å². The monoisotopic (exact) mass is 330 g/mol. The van der Waals surface area contributed by atoms with Gasteiger partial charge in [-0.25, -0.2) is 4.79 Å². The zero-order valence-electron chi connectivity index (χ0n) is 13.9. The molecule has 0 rings (SSSR count). The summed E-state index contributed by atoms with van der Waals surface area (Å²) in [4.78, 5) is 33.8. The highest BCUT2D eigenvalue weighted by Crippen LogP contribution is 2.27. The Morgan fingerprint density at radius 3 is 2.30 bits per heavy atom. The van der Waals surface area contributed by atoms with Crippen molar-refractivity contribution in [2.24, 2.45) is 11.3 Å². The van der Waals surface area contributed by atoms with E-state index >= 15 is 0 Å². The highest BCUT2D eigenvalue weighted by Gasteiger charge is 2.35. The molecule has 2 atom stereocenters. The SMILES string of the molecule is C=CCC(CCCC(C)(COC(=O)OC(C)C)C(=O)O)C(=O)O. The van der Waals surface area contributed by atoms with Crippen LogP contribution in [0.4, 0.5) is 4.79 Å². The maximum Gasteiger partial charge on any atom is 0.508 e. The molecule has 0 aromatic rings. The van der Waals surface area contributed by atoms with Gasteiger partial charge >= 0.3 is 18.1 Å². The van der Waals surface area contributed by atoms with Crippen molar-refractivity contribution in [2.75, 3.05) is 6.61 Å². The van der Waals surface area contributed by atoms with Gasteiger partial charge in [-0.05, 0) is 40.0 Å². The number of carbonyl (C=O) groups is 3. The van der Waals surface area contributed by atoms with E-state index in [9.17, 15) is 19.5 Å². The number of hydrogen-bond acceptors (Lipinski definition) is 5. The Labute approximate surface area is 136 Å². The van der Waals surface area contributed by atoms with Gasteiger partial charge in [-0.1, -0.05) is 12.5 Å². The summed E-state index contributed by atoms with van der Waals surface area (Å²) in [5.74, 6) is -2.62. The summed E-state index contributed by atoms with van der Waals surface area (Å²) in [6, 6.07) is 0. The Balaban J connectivity index is 4.53. The molecule has 0 radical (unpaired) electrons. The number of aliphatic carboxylic acids is 2. The number of carbonyl (C=O) groups excluding carboxylic acids is 1. The molecule has 23 heavy (non-hydrogen) atoms. The smallest absolute Gasteiger partial charge is 0.481 e. The molecule has 0 aliphatic heterocycles. The van der Waals surface area contributed by atoms with Crippen molar-refractivity contribution in [1.29, 1.82) is 0 Å². The van der Waals surface area contributed by atoms with Crippen molar-refractivity contribution in [3.8, 4) is 0 Å². The second-order valence-electron chi connectivity index (χ2n) is 6.02. The van der Waals surface area contributed by atoms with Gasteiger partial charge in [0.15, 0.2) is 0 Å². The van der Waals surface area contributed by atoms with Gasteiger partial charge in [0, 0.05) is 0 Å². The first-order valence-electron chi connectivity index (χ1n) is 7.53. The van der Waals surface area contributed by atoms with Crippen LogP contribution in [0.5, 0.6) is 0 Å². The quantitative estimate of drug-likeness (QED) is 0.442. The number of carboxylic acid groups (broad SMARTS) is 2. The molecule has 0 spiro atoms. The molecular weight excluding hydrogens is 304 g/mol. The Bertz CT molecular complexity index is 430. The maximum absolute atomic E-state index is 11.4. The van der Waals surface area contributed by atoms with E-state index in [4.69, 9.17) is 14.6 Å². The lowest BCUT2D eigenvalue weighted by atomic mass is 9.84. The number of hydrogen-bond donors (Lipinski definition) is 2. The van der Waals surface area contributed by atoms with Crippen LogP contribution in [0.25, 0.3) is 0 Å². The van der Waals surface area contributed by atoms with Gasteiger partial charge in [0.05, 0.1) is 17.4 Å². The van der Waals surface area contributed by atoms with Crippen LogP contribution < -0.4 is 0 Å². The van der Waals surface area contributed by atoms with Crippen LogP contribution >= 0.6 is 0 Å². The van der Waals surface area contributed by atoms with Crippen molar-refractivity contribution >= 4 is 18.1 Å². The second-order valence-corrected chi connectivity index (χ2v) is 6.02. The average molecular weight is 330 g/mol. The van der Waals surface area contributed by atoms with Gasteiger partial charge in [0.25, 0.3) is 0 Å². The van der Waals surface area contributed by atoms with Crippen molar-refractivity contribution in [3.05, 3.63) is 12.7 Å². The van der Waals surface area contributed by atoms with Crippen LogP contribution in [0.1, 0.15) is 46.5 Å². The molecule has 2 unspecified atom stereocenters. The molecule has 7 heteroatoms. The van der Waals surface area contributed by atoms with E-state index in [2.05, 4.69) is 6.58 Å². The first kappa shape index (κ1) is 20.9. The molecule has 0 heterocycles. The van der Waals surface area contributed by atoms with E-state index in [0.717, 1.165) is 0 Å². The summed E-state index contributed by atoms with van der Waals surface area (Å²) in [5, 5.41) is 18.4. The molecule has 0 fully saturated rings. The van der Waals surface area contributed by atoms with E-state index in [-0.39, 0.29) is 19.1 Å². The van der Waals surface area contributed by atoms with Crippen LogP contribution in [0.3, 0.4) is 0 Å². The molecule has 0 aromatic heterocycles. The first-order chi connectivity index (χ1) is 10.6. The maximum atomic E-state index is 11.4. The standard InChI is InChI=1S/C16H26O7/c1-5-7-12(13(17)18)8-6-9-16(4,14(19)20)10-22-15(21)23-11(2)3/h5,11-12H,1,6-10H2,2-4H3,(H,17,18)(H,19,20). The molecule has 0 bridgehead atoms. The zero-order chi connectivity index (χ0) is 18.0. The van der Waals surface area contributed by atoms with Crippen LogP contribution in [0.15, 0.2) is 12.7 Å². The minimum atomic E-state index is -1.28. The van der Waals surface area contributed by atoms with Crippen molar-refractivity contribution in [2.45, 2.75) is 52.6 Å². The summed E-state index contributed by atoms with van der Waals surface area (Å²) in [6.07, 6.45) is 1.50. The zero-order valence-corrected chi connectivity index (χ0v) is 13.9. The number of ether oxygens (including phenoxy) is 2. The lowest BCUT2D eigenvalue weighted by Crippen LogP contribution is -2.34. The molecule has 0 aliphatic carbocycles. The molecule has 0 amide bonds. The second kappa shape index (κ2) is 9.86. The summed E-state index contributed by atoms with van der Waals surface area (Å²) in [7, 11) is 0. The summed E-state index contributed by atoms with van der Waals surface area (Å²) < 4.78 is 9.65. The van der Waals surface area contributed by atoms with Gasteiger partial charge in [-0.15, -0.1) is 6.58 Å². The molecule has 0 aliphatic rings. The molecule has 7 nitrogen and oxygen atoms in total. The van der Waals surface area contributed by atoms with Gasteiger partial charge in [-0.2, -0.15) is 0 Å². The molecule has 0 aromatic carbocycles. The predicted octanol–water partition coefficient (Wildman–Crippen LogP) is 3.09. The van der Waals surface area contributed by atoms with Gasteiger partial charge in [-0.3, -0.25) is 9.59 Å². The minimum absolute atomic E-state index is 0.193. The van der Waals surface area contributed by atoms with Gasteiger partial charge < -0.3 is 19.7 Å². The van der Waals surface area contributed by atoms with Crippen molar-refractivity contribution in [3.63, 3.8) is 0 Å². The third-order valence-corrected chi connectivity index (χ3v) is 3.44. The molecule has 0 saturated heterocycles. The third kappa shape index (κ3) is 8.23. The third-order valence-electron chi connectivity index (χ3n) is 3.44. The number of carboxylic acids is 2. The largest absolute Gasteiger partial charge is 0.508 e. The molecule has 0 saturated carbocycles. The van der Waals surface area contributed by atoms with Crippen LogP contribution in [-0.2, 0) is 19.1 Å².